The largest absolute Gasteiger partial charge is 0.393 e. The van der Waals surface area contributed by atoms with Crippen molar-refractivity contribution in [3.8, 4) is 0 Å². The van der Waals surface area contributed by atoms with E-state index in [2.05, 4.69) is 6.08 Å². The van der Waals surface area contributed by atoms with Crippen molar-refractivity contribution < 1.29 is 5.11 Å². The molecule has 0 aromatic heterocycles. The van der Waals surface area contributed by atoms with E-state index in [0.29, 0.717) is 5.92 Å². The summed E-state index contributed by atoms with van der Waals surface area (Å²) in [6, 6.07) is 0. The zero-order chi connectivity index (χ0) is 9.10. The summed E-state index contributed by atoms with van der Waals surface area (Å²) in [6.07, 6.45) is 12.6. The molecule has 1 saturated carbocycles. The van der Waals surface area contributed by atoms with Crippen molar-refractivity contribution in [2.45, 2.75) is 57.5 Å². The minimum atomic E-state index is 0.0317. The molecule has 0 aromatic carbocycles. The predicted molar refractivity (Wildman–Crippen MR) is 54.5 cm³/mol. The Bertz CT molecular complexity index is 195. The number of aliphatic hydroxyl groups is 1. The van der Waals surface area contributed by atoms with Gasteiger partial charge in [0, 0.05) is 0 Å². The SMILES string of the molecule is OC1CCC1CCC1=CCCCC1. The average molecular weight is 180 g/mol. The molecule has 1 nitrogen and oxygen atoms in total. The van der Waals surface area contributed by atoms with Crippen LogP contribution in [-0.2, 0) is 0 Å². The molecule has 0 aliphatic heterocycles. The van der Waals surface area contributed by atoms with Crippen molar-refractivity contribution in [1.82, 2.24) is 0 Å². The Morgan fingerprint density at radius 3 is 2.77 bits per heavy atom. The van der Waals surface area contributed by atoms with Gasteiger partial charge in [-0.05, 0) is 57.3 Å². The van der Waals surface area contributed by atoms with E-state index in [9.17, 15) is 5.11 Å². The smallest absolute Gasteiger partial charge is 0.0568 e. The van der Waals surface area contributed by atoms with E-state index in [4.69, 9.17) is 0 Å². The minimum absolute atomic E-state index is 0.0317. The normalized spacial score (nSPS) is 33.8. The summed E-state index contributed by atoms with van der Waals surface area (Å²) in [4.78, 5) is 0. The van der Waals surface area contributed by atoms with Gasteiger partial charge in [-0.1, -0.05) is 11.6 Å². The number of rotatable bonds is 3. The van der Waals surface area contributed by atoms with Gasteiger partial charge in [0.05, 0.1) is 6.10 Å². The number of hydrogen-bond acceptors (Lipinski definition) is 1. The molecule has 0 heterocycles. The Morgan fingerprint density at radius 1 is 1.31 bits per heavy atom. The molecular formula is C12H20O. The van der Waals surface area contributed by atoms with E-state index in [1.807, 2.05) is 0 Å². The molecular weight excluding hydrogens is 160 g/mol. The highest BCUT2D eigenvalue weighted by atomic mass is 16.3. The van der Waals surface area contributed by atoms with Gasteiger partial charge in [0.2, 0.25) is 0 Å². The topological polar surface area (TPSA) is 20.2 Å². The second kappa shape index (κ2) is 4.28. The van der Waals surface area contributed by atoms with E-state index in [1.54, 1.807) is 5.57 Å². The molecule has 1 N–H and O–H groups in total. The van der Waals surface area contributed by atoms with Crippen LogP contribution in [0.15, 0.2) is 11.6 Å². The van der Waals surface area contributed by atoms with Crippen LogP contribution in [0.25, 0.3) is 0 Å². The quantitative estimate of drug-likeness (QED) is 0.662. The second-order valence-corrected chi connectivity index (χ2v) is 4.55. The first kappa shape index (κ1) is 9.26. The highest BCUT2D eigenvalue weighted by Gasteiger charge is 2.28. The highest BCUT2D eigenvalue weighted by Crippen LogP contribution is 2.33. The summed E-state index contributed by atoms with van der Waals surface area (Å²) < 4.78 is 0. The maximum absolute atomic E-state index is 9.42. The van der Waals surface area contributed by atoms with Crippen molar-refractivity contribution >= 4 is 0 Å². The summed E-state index contributed by atoms with van der Waals surface area (Å²) in [5.41, 5.74) is 1.66. The standard InChI is InChI=1S/C12H20O/c13-12-9-8-11(12)7-6-10-4-2-1-3-5-10/h4,11-13H,1-3,5-9H2. The van der Waals surface area contributed by atoms with Crippen molar-refractivity contribution in [3.05, 3.63) is 11.6 Å². The first-order valence-electron chi connectivity index (χ1n) is 5.72. The molecule has 1 heteroatoms. The molecule has 0 bridgehead atoms. The third kappa shape index (κ3) is 2.34. The summed E-state index contributed by atoms with van der Waals surface area (Å²) in [7, 11) is 0. The number of hydrogen-bond donors (Lipinski definition) is 1. The van der Waals surface area contributed by atoms with E-state index in [0.717, 1.165) is 6.42 Å². The molecule has 1 fully saturated rings. The summed E-state index contributed by atoms with van der Waals surface area (Å²) in [5, 5.41) is 9.42. The van der Waals surface area contributed by atoms with E-state index in [-0.39, 0.29) is 6.10 Å². The predicted octanol–water partition coefficient (Wildman–Crippen LogP) is 3.04. The van der Waals surface area contributed by atoms with E-state index < -0.39 is 0 Å². The summed E-state index contributed by atoms with van der Waals surface area (Å²) >= 11 is 0. The summed E-state index contributed by atoms with van der Waals surface area (Å²) in [5.74, 6) is 0.628. The van der Waals surface area contributed by atoms with Gasteiger partial charge in [-0.25, -0.2) is 0 Å². The molecule has 2 atom stereocenters. The van der Waals surface area contributed by atoms with Gasteiger partial charge in [0.15, 0.2) is 0 Å². The number of aliphatic hydroxyl groups excluding tert-OH is 1. The third-order valence-corrected chi connectivity index (χ3v) is 3.60. The lowest BCUT2D eigenvalue weighted by Gasteiger charge is -2.32. The van der Waals surface area contributed by atoms with Crippen molar-refractivity contribution in [3.63, 3.8) is 0 Å². The number of allylic oxidation sites excluding steroid dienone is 2. The van der Waals surface area contributed by atoms with Crippen LogP contribution in [0, 0.1) is 5.92 Å². The van der Waals surface area contributed by atoms with Gasteiger partial charge in [-0.2, -0.15) is 0 Å². The monoisotopic (exact) mass is 180 g/mol. The van der Waals surface area contributed by atoms with Crippen LogP contribution >= 0.6 is 0 Å². The van der Waals surface area contributed by atoms with Crippen molar-refractivity contribution in [2.24, 2.45) is 5.92 Å². The molecule has 2 unspecified atom stereocenters. The molecule has 0 amide bonds. The van der Waals surface area contributed by atoms with Crippen LogP contribution in [0.4, 0.5) is 0 Å². The molecule has 0 spiro atoms. The van der Waals surface area contributed by atoms with Crippen molar-refractivity contribution in [2.75, 3.05) is 0 Å². The molecule has 0 saturated heterocycles. The highest BCUT2D eigenvalue weighted by molar-refractivity contribution is 5.05. The summed E-state index contributed by atoms with van der Waals surface area (Å²) in [6.45, 7) is 0. The van der Waals surface area contributed by atoms with Crippen LogP contribution in [-0.4, -0.2) is 11.2 Å². The van der Waals surface area contributed by atoms with E-state index >= 15 is 0 Å². The van der Waals surface area contributed by atoms with Gasteiger partial charge < -0.3 is 5.11 Å². The Hall–Kier alpha value is -0.300. The fourth-order valence-electron chi connectivity index (χ4n) is 2.39. The van der Waals surface area contributed by atoms with Gasteiger partial charge in [0.1, 0.15) is 0 Å². The molecule has 0 radical (unpaired) electrons. The maximum Gasteiger partial charge on any atom is 0.0568 e. The fourth-order valence-corrected chi connectivity index (χ4v) is 2.39. The van der Waals surface area contributed by atoms with Crippen LogP contribution < -0.4 is 0 Å². The molecule has 2 aliphatic rings. The zero-order valence-electron chi connectivity index (χ0n) is 8.34. The van der Waals surface area contributed by atoms with Gasteiger partial charge in [-0.3, -0.25) is 0 Å². The lowest BCUT2D eigenvalue weighted by atomic mass is 9.77. The van der Waals surface area contributed by atoms with Crippen LogP contribution in [0.3, 0.4) is 0 Å². The fraction of sp³-hybridized carbons (Fsp3) is 0.833. The van der Waals surface area contributed by atoms with Crippen LogP contribution in [0.1, 0.15) is 51.4 Å². The minimum Gasteiger partial charge on any atom is -0.393 e. The Balaban J connectivity index is 1.69. The van der Waals surface area contributed by atoms with Gasteiger partial charge in [0.25, 0.3) is 0 Å². The first-order chi connectivity index (χ1) is 6.36. The van der Waals surface area contributed by atoms with Gasteiger partial charge in [-0.15, -0.1) is 0 Å². The lowest BCUT2D eigenvalue weighted by molar-refractivity contribution is 0.0196. The molecule has 0 aromatic rings. The first-order valence-corrected chi connectivity index (χ1v) is 5.72. The average Bonchev–Trinajstić information content (AvgIpc) is 2.17. The Morgan fingerprint density at radius 2 is 2.23 bits per heavy atom. The third-order valence-electron chi connectivity index (χ3n) is 3.60. The van der Waals surface area contributed by atoms with Gasteiger partial charge >= 0.3 is 0 Å². The Labute approximate surface area is 80.8 Å². The molecule has 74 valence electrons. The molecule has 2 rings (SSSR count). The lowest BCUT2D eigenvalue weighted by Crippen LogP contribution is -2.30. The zero-order valence-corrected chi connectivity index (χ0v) is 8.34. The maximum atomic E-state index is 9.42. The second-order valence-electron chi connectivity index (χ2n) is 4.55. The Kier molecular flexibility index (Phi) is 3.05. The molecule has 13 heavy (non-hydrogen) atoms. The van der Waals surface area contributed by atoms with Crippen LogP contribution in [0.5, 0.6) is 0 Å². The van der Waals surface area contributed by atoms with Crippen molar-refractivity contribution in [1.29, 1.82) is 0 Å². The van der Waals surface area contributed by atoms with Crippen LogP contribution in [0.2, 0.25) is 0 Å². The van der Waals surface area contributed by atoms with E-state index in [1.165, 1.54) is 44.9 Å². The molecule has 2 aliphatic carbocycles.